The Balaban J connectivity index is 1.49. The van der Waals surface area contributed by atoms with Gasteiger partial charge in [-0.1, -0.05) is 39.0 Å². The van der Waals surface area contributed by atoms with Crippen molar-refractivity contribution in [2.45, 2.75) is 96.5 Å². The molecule has 3 aliphatic carbocycles. The maximum Gasteiger partial charge on any atom is 0.139 e. The Bertz CT molecular complexity index is 541. The third-order valence-electron chi connectivity index (χ3n) is 7.51. The number of rotatable bonds is 10. The molecular weight excluding hydrogens is 340 g/mol. The molecule has 3 rings (SSSR count). The number of hydrogen-bond donors (Lipinski definition) is 3. The second-order valence-corrected chi connectivity index (χ2v) is 10.0. The van der Waals surface area contributed by atoms with Gasteiger partial charge in [-0.2, -0.15) is 0 Å². The second kappa shape index (κ2) is 8.65. The van der Waals surface area contributed by atoms with Crippen LogP contribution in [-0.4, -0.2) is 33.8 Å². The van der Waals surface area contributed by atoms with Gasteiger partial charge in [0.25, 0.3) is 0 Å². The number of unbranched alkanes of at least 4 members (excludes halogenated alkanes) is 4. The summed E-state index contributed by atoms with van der Waals surface area (Å²) in [4.78, 5) is 12.3. The molecule has 0 saturated heterocycles. The SMILES string of the molecule is CC1(C/C=C(/O)C2C(O)CC(=O)C2CCCCCCCO)CC2(CCC2)C1. The third-order valence-corrected chi connectivity index (χ3v) is 7.51. The highest BCUT2D eigenvalue weighted by Gasteiger charge is 2.54. The maximum absolute atomic E-state index is 12.3. The highest BCUT2D eigenvalue weighted by Crippen LogP contribution is 2.65. The van der Waals surface area contributed by atoms with Gasteiger partial charge in [0.05, 0.1) is 17.8 Å². The van der Waals surface area contributed by atoms with E-state index in [-0.39, 0.29) is 35.9 Å². The Morgan fingerprint density at radius 1 is 1.15 bits per heavy atom. The number of Topliss-reactive ketones (excluding diaryl/α,β-unsaturated/α-hetero) is 1. The minimum atomic E-state index is -0.736. The summed E-state index contributed by atoms with van der Waals surface area (Å²) in [5.41, 5.74) is 0.893. The van der Waals surface area contributed by atoms with Crippen LogP contribution >= 0.6 is 0 Å². The van der Waals surface area contributed by atoms with Crippen molar-refractivity contribution in [3.8, 4) is 0 Å². The van der Waals surface area contributed by atoms with Crippen LogP contribution in [0.4, 0.5) is 0 Å². The molecule has 1 spiro atoms. The van der Waals surface area contributed by atoms with Gasteiger partial charge in [-0.15, -0.1) is 0 Å². The fourth-order valence-corrected chi connectivity index (χ4v) is 6.12. The van der Waals surface area contributed by atoms with Gasteiger partial charge in [0.1, 0.15) is 5.78 Å². The molecule has 0 aromatic carbocycles. The summed E-state index contributed by atoms with van der Waals surface area (Å²) in [5, 5.41) is 29.9. The van der Waals surface area contributed by atoms with Crippen molar-refractivity contribution >= 4 is 5.78 Å². The molecule has 3 fully saturated rings. The molecule has 0 radical (unpaired) electrons. The second-order valence-electron chi connectivity index (χ2n) is 10.0. The van der Waals surface area contributed by atoms with Crippen molar-refractivity contribution < 1.29 is 20.1 Å². The summed E-state index contributed by atoms with van der Waals surface area (Å²) in [7, 11) is 0. The number of aliphatic hydroxyl groups excluding tert-OH is 3. The molecule has 3 atom stereocenters. The van der Waals surface area contributed by atoms with E-state index in [0.29, 0.717) is 5.41 Å². The van der Waals surface area contributed by atoms with Crippen LogP contribution < -0.4 is 0 Å². The number of ketones is 1. The van der Waals surface area contributed by atoms with Gasteiger partial charge in [-0.05, 0) is 61.9 Å². The molecule has 3 unspecified atom stereocenters. The highest BCUT2D eigenvalue weighted by atomic mass is 16.3. The zero-order valence-corrected chi connectivity index (χ0v) is 17.0. The lowest BCUT2D eigenvalue weighted by Crippen LogP contribution is -2.48. The summed E-state index contributed by atoms with van der Waals surface area (Å²) < 4.78 is 0. The molecule has 0 aliphatic heterocycles. The van der Waals surface area contributed by atoms with Gasteiger partial charge in [0, 0.05) is 18.9 Å². The molecule has 3 saturated carbocycles. The van der Waals surface area contributed by atoms with Gasteiger partial charge in [-0.3, -0.25) is 4.79 Å². The first-order chi connectivity index (χ1) is 12.9. The minimum Gasteiger partial charge on any atom is -0.512 e. The predicted molar refractivity (Wildman–Crippen MR) is 106 cm³/mol. The van der Waals surface area contributed by atoms with Crippen molar-refractivity contribution in [2.75, 3.05) is 6.61 Å². The van der Waals surface area contributed by atoms with Crippen LogP contribution in [0.3, 0.4) is 0 Å². The Morgan fingerprint density at radius 2 is 1.81 bits per heavy atom. The first-order valence-electron chi connectivity index (χ1n) is 11.1. The predicted octanol–water partition coefficient (Wildman–Crippen LogP) is 4.69. The Kier molecular flexibility index (Phi) is 6.68. The summed E-state index contributed by atoms with van der Waals surface area (Å²) >= 11 is 0. The van der Waals surface area contributed by atoms with Crippen molar-refractivity contribution in [1.82, 2.24) is 0 Å². The number of carbonyl (C=O) groups excluding carboxylic acids is 1. The van der Waals surface area contributed by atoms with E-state index in [9.17, 15) is 15.0 Å². The first-order valence-corrected chi connectivity index (χ1v) is 11.1. The molecule has 0 heterocycles. The largest absolute Gasteiger partial charge is 0.512 e. The van der Waals surface area contributed by atoms with Crippen molar-refractivity contribution in [1.29, 1.82) is 0 Å². The fourth-order valence-electron chi connectivity index (χ4n) is 6.12. The van der Waals surface area contributed by atoms with Crippen LogP contribution in [-0.2, 0) is 4.79 Å². The van der Waals surface area contributed by atoms with E-state index in [1.54, 1.807) is 0 Å². The number of aliphatic hydroxyl groups is 3. The van der Waals surface area contributed by atoms with E-state index in [2.05, 4.69) is 6.92 Å². The van der Waals surface area contributed by atoms with E-state index in [0.717, 1.165) is 44.9 Å². The lowest BCUT2D eigenvalue weighted by Gasteiger charge is -2.60. The van der Waals surface area contributed by atoms with E-state index in [1.807, 2.05) is 6.08 Å². The zero-order chi connectivity index (χ0) is 19.5. The molecule has 4 nitrogen and oxygen atoms in total. The highest BCUT2D eigenvalue weighted by molar-refractivity contribution is 5.84. The topological polar surface area (TPSA) is 77.8 Å². The standard InChI is InChI=1S/C23H38O4/c1-22(15-23(16-22)10-7-11-23)12-9-18(25)21-17(19(26)14-20(21)27)8-5-3-2-4-6-13-24/h9,17,20-21,24-25,27H,2-8,10-16H2,1H3/b18-9+. The molecule has 0 aromatic heterocycles. The van der Waals surface area contributed by atoms with Crippen molar-refractivity contribution in [3.05, 3.63) is 11.8 Å². The van der Waals surface area contributed by atoms with Crippen molar-refractivity contribution in [2.24, 2.45) is 22.7 Å². The molecule has 27 heavy (non-hydrogen) atoms. The molecule has 3 aliphatic rings. The van der Waals surface area contributed by atoms with Crippen LogP contribution in [0.5, 0.6) is 0 Å². The van der Waals surface area contributed by atoms with Gasteiger partial charge < -0.3 is 15.3 Å². The van der Waals surface area contributed by atoms with Gasteiger partial charge in [-0.25, -0.2) is 0 Å². The van der Waals surface area contributed by atoms with Crippen LogP contribution in [0.1, 0.15) is 90.4 Å². The molecule has 0 aromatic rings. The van der Waals surface area contributed by atoms with Crippen LogP contribution in [0.15, 0.2) is 11.8 Å². The van der Waals surface area contributed by atoms with Crippen LogP contribution in [0, 0.1) is 22.7 Å². The third kappa shape index (κ3) is 4.76. The molecule has 3 N–H and O–H groups in total. The molecular formula is C23H38O4. The van der Waals surface area contributed by atoms with E-state index >= 15 is 0 Å². The lowest BCUT2D eigenvalue weighted by atomic mass is 9.45. The molecule has 4 heteroatoms. The van der Waals surface area contributed by atoms with Crippen molar-refractivity contribution in [3.63, 3.8) is 0 Å². The molecule has 154 valence electrons. The van der Waals surface area contributed by atoms with Gasteiger partial charge in [0.2, 0.25) is 0 Å². The fraction of sp³-hybridized carbons (Fsp3) is 0.870. The Morgan fingerprint density at radius 3 is 2.44 bits per heavy atom. The van der Waals surface area contributed by atoms with Gasteiger partial charge in [0.15, 0.2) is 0 Å². The summed E-state index contributed by atoms with van der Waals surface area (Å²) in [6.07, 6.45) is 14.5. The van der Waals surface area contributed by atoms with Crippen LogP contribution in [0.25, 0.3) is 0 Å². The average molecular weight is 379 g/mol. The number of carbonyl (C=O) groups is 1. The smallest absolute Gasteiger partial charge is 0.139 e. The van der Waals surface area contributed by atoms with Gasteiger partial charge >= 0.3 is 0 Å². The first kappa shape index (κ1) is 20.9. The normalized spacial score (nSPS) is 31.7. The quantitative estimate of drug-likeness (QED) is 0.381. The van der Waals surface area contributed by atoms with E-state index in [4.69, 9.17) is 5.11 Å². The van der Waals surface area contributed by atoms with Crippen LogP contribution in [0.2, 0.25) is 0 Å². The monoisotopic (exact) mass is 378 g/mol. The molecule has 0 amide bonds. The Labute approximate surface area is 164 Å². The molecule has 0 bridgehead atoms. The number of hydrogen-bond acceptors (Lipinski definition) is 4. The summed E-state index contributed by atoms with van der Waals surface area (Å²) in [6.45, 7) is 2.55. The maximum atomic E-state index is 12.3. The lowest BCUT2D eigenvalue weighted by molar-refractivity contribution is -0.121. The minimum absolute atomic E-state index is 0.103. The van der Waals surface area contributed by atoms with E-state index < -0.39 is 12.0 Å². The summed E-state index contributed by atoms with van der Waals surface area (Å²) in [5.74, 6) is -0.293. The summed E-state index contributed by atoms with van der Waals surface area (Å²) in [6, 6.07) is 0. The average Bonchev–Trinajstić information content (AvgIpc) is 2.85. The zero-order valence-electron chi connectivity index (χ0n) is 17.0. The Hall–Kier alpha value is -0.870. The van der Waals surface area contributed by atoms with E-state index in [1.165, 1.54) is 32.1 Å². The number of allylic oxidation sites excluding steroid dienone is 1.